The summed E-state index contributed by atoms with van der Waals surface area (Å²) in [6.45, 7) is 4.83. The molecule has 0 bridgehead atoms. The van der Waals surface area contributed by atoms with Crippen LogP contribution in [0.25, 0.3) is 10.2 Å². The molecule has 0 spiro atoms. The van der Waals surface area contributed by atoms with E-state index in [2.05, 4.69) is 36.3 Å². The number of nitrogens with one attached hydrogen (secondary N) is 1. The van der Waals surface area contributed by atoms with E-state index in [1.165, 1.54) is 40.4 Å². The van der Waals surface area contributed by atoms with E-state index in [4.69, 9.17) is 4.74 Å². The summed E-state index contributed by atoms with van der Waals surface area (Å²) in [6.07, 6.45) is 1.27. The number of sulfonamides is 1. The third kappa shape index (κ3) is 4.65. The first-order chi connectivity index (χ1) is 15.3. The summed E-state index contributed by atoms with van der Waals surface area (Å²) in [5.41, 5.74) is 2.08. The standard InChI is InChI=1S/C23H27N3O4S2/c1-15(2)16-6-11-20-21(13-16)31-23(24-20)25-22(27)17-5-4-12-26(14-17)32(28,29)19-9-7-18(30-3)8-10-19/h6-11,13,15,17H,4-5,12,14H2,1-3H3,(H,24,25,27). The monoisotopic (exact) mass is 473 g/mol. The van der Waals surface area contributed by atoms with Gasteiger partial charge in [-0.25, -0.2) is 13.4 Å². The molecule has 1 fully saturated rings. The maximum absolute atomic E-state index is 13.1. The highest BCUT2D eigenvalue weighted by molar-refractivity contribution is 7.89. The second-order valence-electron chi connectivity index (χ2n) is 8.27. The lowest BCUT2D eigenvalue weighted by Crippen LogP contribution is -2.43. The Morgan fingerprint density at radius 1 is 1.22 bits per heavy atom. The summed E-state index contributed by atoms with van der Waals surface area (Å²) in [5.74, 6) is 0.398. The van der Waals surface area contributed by atoms with Crippen LogP contribution in [0.3, 0.4) is 0 Å². The average Bonchev–Trinajstić information content (AvgIpc) is 3.20. The van der Waals surface area contributed by atoms with Crippen molar-refractivity contribution in [3.8, 4) is 5.75 Å². The van der Waals surface area contributed by atoms with Crippen molar-refractivity contribution in [1.29, 1.82) is 0 Å². The minimum absolute atomic E-state index is 0.155. The Morgan fingerprint density at radius 3 is 2.66 bits per heavy atom. The lowest BCUT2D eigenvalue weighted by Gasteiger charge is -2.31. The lowest BCUT2D eigenvalue weighted by molar-refractivity contribution is -0.120. The first-order valence-electron chi connectivity index (χ1n) is 10.6. The van der Waals surface area contributed by atoms with E-state index in [1.54, 1.807) is 12.1 Å². The summed E-state index contributed by atoms with van der Waals surface area (Å²) in [5, 5.41) is 3.45. The van der Waals surface area contributed by atoms with Gasteiger partial charge in [0.1, 0.15) is 5.75 Å². The molecular formula is C23H27N3O4S2. The number of amides is 1. The third-order valence-electron chi connectivity index (χ3n) is 5.76. The zero-order chi connectivity index (χ0) is 22.9. The number of anilines is 1. The quantitative estimate of drug-likeness (QED) is 0.571. The Hall–Kier alpha value is -2.49. The molecule has 0 radical (unpaired) electrons. The van der Waals surface area contributed by atoms with Crippen molar-refractivity contribution in [2.24, 2.45) is 5.92 Å². The van der Waals surface area contributed by atoms with E-state index in [0.717, 1.165) is 10.2 Å². The molecule has 4 rings (SSSR count). The molecule has 0 aliphatic carbocycles. The number of methoxy groups -OCH3 is 1. The van der Waals surface area contributed by atoms with Crippen LogP contribution in [0.15, 0.2) is 47.4 Å². The predicted octanol–water partition coefficient (Wildman–Crippen LogP) is 4.47. The summed E-state index contributed by atoms with van der Waals surface area (Å²) < 4.78 is 33.7. The molecule has 1 N–H and O–H groups in total. The molecule has 1 unspecified atom stereocenters. The lowest BCUT2D eigenvalue weighted by atomic mass is 9.99. The molecule has 1 saturated heterocycles. The number of nitrogens with zero attached hydrogens (tertiary/aromatic N) is 2. The number of fused-ring (bicyclic) bond motifs is 1. The highest BCUT2D eigenvalue weighted by atomic mass is 32.2. The van der Waals surface area contributed by atoms with Crippen LogP contribution < -0.4 is 10.1 Å². The first-order valence-corrected chi connectivity index (χ1v) is 12.9. The number of thiazole rings is 1. The molecule has 9 heteroatoms. The van der Waals surface area contributed by atoms with Crippen LogP contribution >= 0.6 is 11.3 Å². The van der Waals surface area contributed by atoms with Gasteiger partial charge in [0.15, 0.2) is 5.13 Å². The Morgan fingerprint density at radius 2 is 1.97 bits per heavy atom. The average molecular weight is 474 g/mol. The second-order valence-corrected chi connectivity index (χ2v) is 11.2. The maximum atomic E-state index is 13.1. The van der Waals surface area contributed by atoms with Crippen molar-refractivity contribution in [2.45, 2.75) is 37.5 Å². The van der Waals surface area contributed by atoms with Gasteiger partial charge in [-0.2, -0.15) is 4.31 Å². The van der Waals surface area contributed by atoms with Crippen LogP contribution in [0.2, 0.25) is 0 Å². The van der Waals surface area contributed by atoms with Gasteiger partial charge in [-0.15, -0.1) is 0 Å². The van der Waals surface area contributed by atoms with Crippen molar-refractivity contribution in [1.82, 2.24) is 9.29 Å². The molecule has 2 aromatic carbocycles. The number of rotatable bonds is 6. The molecule has 2 heterocycles. The van der Waals surface area contributed by atoms with Crippen LogP contribution in [0, 0.1) is 5.92 Å². The SMILES string of the molecule is COc1ccc(S(=O)(=O)N2CCCC(C(=O)Nc3nc4ccc(C(C)C)cc4s3)C2)cc1. The van der Waals surface area contributed by atoms with Crippen molar-refractivity contribution in [3.05, 3.63) is 48.0 Å². The van der Waals surface area contributed by atoms with Crippen LogP contribution in [0.5, 0.6) is 5.75 Å². The van der Waals surface area contributed by atoms with Gasteiger partial charge in [0.2, 0.25) is 15.9 Å². The Kier molecular flexibility index (Phi) is 6.50. The van der Waals surface area contributed by atoms with E-state index < -0.39 is 15.9 Å². The molecule has 32 heavy (non-hydrogen) atoms. The molecule has 0 saturated carbocycles. The highest BCUT2D eigenvalue weighted by Crippen LogP contribution is 2.30. The van der Waals surface area contributed by atoms with Gasteiger partial charge in [0.05, 0.1) is 28.1 Å². The zero-order valence-electron chi connectivity index (χ0n) is 18.4. The van der Waals surface area contributed by atoms with Crippen LogP contribution in [0.4, 0.5) is 5.13 Å². The number of hydrogen-bond donors (Lipinski definition) is 1. The van der Waals surface area contributed by atoms with E-state index in [1.807, 2.05) is 6.07 Å². The van der Waals surface area contributed by atoms with Crippen molar-refractivity contribution >= 4 is 42.6 Å². The van der Waals surface area contributed by atoms with Crippen molar-refractivity contribution < 1.29 is 17.9 Å². The van der Waals surface area contributed by atoms with Gasteiger partial charge >= 0.3 is 0 Å². The first kappa shape index (κ1) is 22.7. The molecule has 1 aliphatic heterocycles. The van der Waals surface area contributed by atoms with Gasteiger partial charge < -0.3 is 10.1 Å². The fourth-order valence-electron chi connectivity index (χ4n) is 3.83. The van der Waals surface area contributed by atoms with E-state index in [-0.39, 0.29) is 17.3 Å². The molecular weight excluding hydrogens is 446 g/mol. The van der Waals surface area contributed by atoms with Gasteiger partial charge in [-0.05, 0) is 60.7 Å². The number of benzene rings is 2. The molecule has 170 valence electrons. The topological polar surface area (TPSA) is 88.6 Å². The normalized spacial score (nSPS) is 17.6. The van der Waals surface area contributed by atoms with Crippen LogP contribution in [-0.2, 0) is 14.8 Å². The molecule has 1 amide bonds. The smallest absolute Gasteiger partial charge is 0.243 e. The second kappa shape index (κ2) is 9.17. The van der Waals surface area contributed by atoms with Gasteiger partial charge in [-0.1, -0.05) is 31.3 Å². The summed E-state index contributed by atoms with van der Waals surface area (Å²) in [7, 11) is -2.14. The minimum Gasteiger partial charge on any atom is -0.497 e. The summed E-state index contributed by atoms with van der Waals surface area (Å²) >= 11 is 1.44. The van der Waals surface area contributed by atoms with E-state index >= 15 is 0 Å². The molecule has 1 atom stereocenters. The van der Waals surface area contributed by atoms with E-state index in [0.29, 0.717) is 36.2 Å². The largest absolute Gasteiger partial charge is 0.497 e. The molecule has 3 aromatic rings. The Labute approximate surface area is 192 Å². The zero-order valence-corrected chi connectivity index (χ0v) is 20.0. The highest BCUT2D eigenvalue weighted by Gasteiger charge is 2.33. The fraction of sp³-hybridized carbons (Fsp3) is 0.391. The third-order valence-corrected chi connectivity index (χ3v) is 8.57. The Balaban J connectivity index is 1.46. The number of aromatic nitrogens is 1. The summed E-state index contributed by atoms with van der Waals surface area (Å²) in [4.78, 5) is 17.7. The van der Waals surface area contributed by atoms with Crippen LogP contribution in [0.1, 0.15) is 38.2 Å². The van der Waals surface area contributed by atoms with Crippen molar-refractivity contribution in [2.75, 3.05) is 25.5 Å². The van der Waals surface area contributed by atoms with Crippen molar-refractivity contribution in [3.63, 3.8) is 0 Å². The minimum atomic E-state index is -3.68. The number of carbonyl (C=O) groups excluding carboxylic acids is 1. The maximum Gasteiger partial charge on any atom is 0.243 e. The molecule has 7 nitrogen and oxygen atoms in total. The molecule has 1 aliphatic rings. The van der Waals surface area contributed by atoms with Crippen LogP contribution in [-0.4, -0.2) is 43.8 Å². The molecule has 1 aromatic heterocycles. The summed E-state index contributed by atoms with van der Waals surface area (Å²) in [6, 6.07) is 12.4. The number of ether oxygens (including phenoxy) is 1. The van der Waals surface area contributed by atoms with Gasteiger partial charge in [0, 0.05) is 13.1 Å². The Bertz CT molecular complexity index is 1220. The number of piperidine rings is 1. The van der Waals surface area contributed by atoms with Gasteiger partial charge in [0.25, 0.3) is 0 Å². The van der Waals surface area contributed by atoms with Gasteiger partial charge in [-0.3, -0.25) is 4.79 Å². The predicted molar refractivity (Wildman–Crippen MR) is 127 cm³/mol. The number of carbonyl (C=O) groups is 1. The number of hydrogen-bond acceptors (Lipinski definition) is 6. The van der Waals surface area contributed by atoms with E-state index in [9.17, 15) is 13.2 Å². The fourth-order valence-corrected chi connectivity index (χ4v) is 6.27.